The van der Waals surface area contributed by atoms with Gasteiger partial charge in [-0.15, -0.1) is 0 Å². The first-order valence-corrected chi connectivity index (χ1v) is 6.68. The van der Waals surface area contributed by atoms with Crippen LogP contribution in [0.5, 0.6) is 0 Å². The van der Waals surface area contributed by atoms with E-state index in [-0.39, 0.29) is 28.0 Å². The van der Waals surface area contributed by atoms with Crippen molar-refractivity contribution in [2.45, 2.75) is 6.54 Å². The largest absolute Gasteiger partial charge is 0.378 e. The smallest absolute Gasteiger partial charge is 0.274 e. The van der Waals surface area contributed by atoms with Crippen molar-refractivity contribution in [2.75, 3.05) is 5.32 Å². The minimum absolute atomic E-state index is 0.0295. The SMILES string of the molecule is N#Cc1ccc(NCc2ccccc2[N+](=O)[O-])c(F)c1Br. The quantitative estimate of drug-likeness (QED) is 0.668. The van der Waals surface area contributed by atoms with Crippen LogP contribution >= 0.6 is 15.9 Å². The van der Waals surface area contributed by atoms with Gasteiger partial charge >= 0.3 is 0 Å². The zero-order chi connectivity index (χ0) is 15.4. The molecule has 0 saturated heterocycles. The number of anilines is 1. The van der Waals surface area contributed by atoms with Crippen LogP contribution in [0.4, 0.5) is 15.8 Å². The number of rotatable bonds is 4. The number of hydrogen-bond acceptors (Lipinski definition) is 4. The van der Waals surface area contributed by atoms with Crippen molar-refractivity contribution >= 4 is 27.3 Å². The molecule has 0 bridgehead atoms. The third kappa shape index (κ3) is 3.17. The van der Waals surface area contributed by atoms with Crippen LogP contribution in [0.25, 0.3) is 0 Å². The molecule has 0 heterocycles. The summed E-state index contributed by atoms with van der Waals surface area (Å²) < 4.78 is 14.1. The summed E-state index contributed by atoms with van der Waals surface area (Å²) in [6.45, 7) is 0.104. The van der Waals surface area contributed by atoms with Gasteiger partial charge < -0.3 is 5.32 Å². The van der Waals surface area contributed by atoms with Crippen molar-refractivity contribution in [3.63, 3.8) is 0 Å². The van der Waals surface area contributed by atoms with Crippen molar-refractivity contribution in [1.29, 1.82) is 5.26 Å². The number of hydrogen-bond donors (Lipinski definition) is 1. The molecular weight excluding hydrogens is 341 g/mol. The van der Waals surface area contributed by atoms with Gasteiger partial charge in [-0.3, -0.25) is 10.1 Å². The molecule has 0 aromatic heterocycles. The maximum absolute atomic E-state index is 14.0. The number of benzene rings is 2. The van der Waals surface area contributed by atoms with Crippen molar-refractivity contribution in [2.24, 2.45) is 0 Å². The summed E-state index contributed by atoms with van der Waals surface area (Å²) in [6.07, 6.45) is 0. The first kappa shape index (κ1) is 14.9. The van der Waals surface area contributed by atoms with Gasteiger partial charge in [0.1, 0.15) is 6.07 Å². The second-order valence-electron chi connectivity index (χ2n) is 4.14. The zero-order valence-corrected chi connectivity index (χ0v) is 12.2. The molecule has 0 amide bonds. The van der Waals surface area contributed by atoms with E-state index in [1.807, 2.05) is 6.07 Å². The number of nitro groups is 1. The fourth-order valence-corrected chi connectivity index (χ4v) is 2.24. The van der Waals surface area contributed by atoms with Crippen LogP contribution in [0.15, 0.2) is 40.9 Å². The monoisotopic (exact) mass is 349 g/mol. The number of nitro benzene ring substituents is 1. The van der Waals surface area contributed by atoms with E-state index in [1.54, 1.807) is 18.2 Å². The van der Waals surface area contributed by atoms with Crippen molar-refractivity contribution in [3.8, 4) is 6.07 Å². The highest BCUT2D eigenvalue weighted by molar-refractivity contribution is 9.10. The minimum Gasteiger partial charge on any atom is -0.378 e. The van der Waals surface area contributed by atoms with Crippen molar-refractivity contribution in [3.05, 3.63) is 67.9 Å². The van der Waals surface area contributed by atoms with E-state index < -0.39 is 10.7 Å². The molecule has 106 valence electrons. The summed E-state index contributed by atoms with van der Waals surface area (Å²) in [5.41, 5.74) is 0.767. The van der Waals surface area contributed by atoms with E-state index in [4.69, 9.17) is 5.26 Å². The lowest BCUT2D eigenvalue weighted by Gasteiger charge is -2.09. The highest BCUT2D eigenvalue weighted by Gasteiger charge is 2.14. The van der Waals surface area contributed by atoms with Crippen LogP contribution in [0.1, 0.15) is 11.1 Å². The Morgan fingerprint density at radius 2 is 2.05 bits per heavy atom. The van der Waals surface area contributed by atoms with Crippen LogP contribution < -0.4 is 5.32 Å². The lowest BCUT2D eigenvalue weighted by Crippen LogP contribution is -2.05. The van der Waals surface area contributed by atoms with Crippen LogP contribution in [0.3, 0.4) is 0 Å². The maximum Gasteiger partial charge on any atom is 0.274 e. The summed E-state index contributed by atoms with van der Waals surface area (Å²) in [7, 11) is 0. The number of para-hydroxylation sites is 1. The topological polar surface area (TPSA) is 79.0 Å². The molecule has 0 aliphatic rings. The standard InChI is InChI=1S/C14H9BrFN3O2/c15-13-9(7-17)5-6-11(14(13)16)18-8-10-3-1-2-4-12(10)19(20)21/h1-6,18H,8H2. The van der Waals surface area contributed by atoms with Gasteiger partial charge in [-0.2, -0.15) is 5.26 Å². The first-order chi connectivity index (χ1) is 10.0. The summed E-state index contributed by atoms with van der Waals surface area (Å²) in [5, 5.41) is 22.5. The third-order valence-electron chi connectivity index (χ3n) is 2.86. The Kier molecular flexibility index (Phi) is 4.50. The van der Waals surface area contributed by atoms with Crippen LogP contribution in [0.2, 0.25) is 0 Å². The van der Waals surface area contributed by atoms with Crippen LogP contribution in [-0.4, -0.2) is 4.92 Å². The molecule has 0 radical (unpaired) electrons. The summed E-state index contributed by atoms with van der Waals surface area (Å²) in [5.74, 6) is -0.604. The van der Waals surface area contributed by atoms with Gasteiger partial charge in [0.2, 0.25) is 0 Å². The fourth-order valence-electron chi connectivity index (χ4n) is 1.80. The van der Waals surface area contributed by atoms with E-state index in [0.717, 1.165) is 0 Å². The number of nitrogens with zero attached hydrogens (tertiary/aromatic N) is 2. The molecule has 7 heteroatoms. The number of nitriles is 1. The highest BCUT2D eigenvalue weighted by Crippen LogP contribution is 2.27. The van der Waals surface area contributed by atoms with Gasteiger partial charge in [0.25, 0.3) is 5.69 Å². The second kappa shape index (κ2) is 6.33. The van der Waals surface area contributed by atoms with Gasteiger partial charge in [0.15, 0.2) is 5.82 Å². The van der Waals surface area contributed by atoms with E-state index in [0.29, 0.717) is 5.56 Å². The van der Waals surface area contributed by atoms with E-state index in [1.165, 1.54) is 18.2 Å². The Labute approximate surface area is 128 Å². The van der Waals surface area contributed by atoms with E-state index in [2.05, 4.69) is 21.2 Å². The molecule has 2 aromatic rings. The zero-order valence-electron chi connectivity index (χ0n) is 10.6. The van der Waals surface area contributed by atoms with Crippen LogP contribution in [-0.2, 0) is 6.54 Å². The molecule has 0 atom stereocenters. The number of nitrogens with one attached hydrogen (secondary N) is 1. The molecular formula is C14H9BrFN3O2. The fraction of sp³-hybridized carbons (Fsp3) is 0.0714. The van der Waals surface area contributed by atoms with Gasteiger partial charge in [-0.05, 0) is 28.1 Å². The Balaban J connectivity index is 2.24. The average molecular weight is 350 g/mol. The average Bonchev–Trinajstić information content (AvgIpc) is 2.49. The van der Waals surface area contributed by atoms with Crippen molar-refractivity contribution in [1.82, 2.24) is 0 Å². The predicted octanol–water partition coefficient (Wildman–Crippen LogP) is 3.98. The molecule has 21 heavy (non-hydrogen) atoms. The molecule has 0 unspecified atom stereocenters. The Morgan fingerprint density at radius 3 is 2.71 bits per heavy atom. The Hall–Kier alpha value is -2.46. The van der Waals surface area contributed by atoms with Gasteiger partial charge in [0, 0.05) is 18.2 Å². The summed E-state index contributed by atoms with van der Waals surface area (Å²) in [6, 6.07) is 11.0. The molecule has 0 aliphatic heterocycles. The lowest BCUT2D eigenvalue weighted by atomic mass is 10.1. The molecule has 0 fully saturated rings. The summed E-state index contributed by atoms with van der Waals surface area (Å²) >= 11 is 3.01. The van der Waals surface area contributed by atoms with Crippen LogP contribution in [0, 0.1) is 27.3 Å². The van der Waals surface area contributed by atoms with E-state index in [9.17, 15) is 14.5 Å². The predicted molar refractivity (Wildman–Crippen MR) is 79.2 cm³/mol. The first-order valence-electron chi connectivity index (χ1n) is 5.89. The number of halogens is 2. The summed E-state index contributed by atoms with van der Waals surface area (Å²) in [4.78, 5) is 10.4. The molecule has 1 N–H and O–H groups in total. The maximum atomic E-state index is 14.0. The lowest BCUT2D eigenvalue weighted by molar-refractivity contribution is -0.385. The minimum atomic E-state index is -0.604. The van der Waals surface area contributed by atoms with Gasteiger partial charge in [0.05, 0.1) is 20.6 Å². The van der Waals surface area contributed by atoms with Gasteiger partial charge in [-0.1, -0.05) is 18.2 Å². The Bertz CT molecular complexity index is 743. The molecule has 5 nitrogen and oxygen atoms in total. The van der Waals surface area contributed by atoms with Gasteiger partial charge in [-0.25, -0.2) is 4.39 Å². The normalized spacial score (nSPS) is 9.95. The molecule has 0 spiro atoms. The Morgan fingerprint density at radius 1 is 1.33 bits per heavy atom. The molecule has 0 aliphatic carbocycles. The van der Waals surface area contributed by atoms with Crippen molar-refractivity contribution < 1.29 is 9.31 Å². The van der Waals surface area contributed by atoms with E-state index >= 15 is 0 Å². The highest BCUT2D eigenvalue weighted by atomic mass is 79.9. The molecule has 2 aromatic carbocycles. The molecule has 0 saturated carbocycles. The second-order valence-corrected chi connectivity index (χ2v) is 4.93. The third-order valence-corrected chi connectivity index (χ3v) is 3.64. The molecule has 2 rings (SSSR count).